The number of pyridine rings is 1. The van der Waals surface area contributed by atoms with Crippen LogP contribution in [0.15, 0.2) is 6.20 Å². The summed E-state index contributed by atoms with van der Waals surface area (Å²) in [7, 11) is 0. The van der Waals surface area contributed by atoms with Crippen molar-refractivity contribution in [1.29, 1.82) is 0 Å². The Morgan fingerprint density at radius 1 is 1.64 bits per heavy atom. The molecular weight excluding hydrogens is 142 g/mol. The summed E-state index contributed by atoms with van der Waals surface area (Å²) in [6, 6.07) is 0. The molecule has 0 aliphatic rings. The van der Waals surface area contributed by atoms with Gasteiger partial charge < -0.3 is 10.2 Å². The lowest BCUT2D eigenvalue weighted by molar-refractivity contribution is 0.280. The maximum Gasteiger partial charge on any atom is 0.140 e. The third-order valence-corrected chi connectivity index (χ3v) is 1.60. The van der Waals surface area contributed by atoms with Crippen molar-refractivity contribution in [2.45, 2.75) is 13.5 Å². The van der Waals surface area contributed by atoms with Gasteiger partial charge in [-0.2, -0.15) is 0 Å². The molecule has 59 valence electrons. The lowest BCUT2D eigenvalue weighted by Gasteiger charge is -2.05. The number of rotatable bonds is 1. The molecular formula is C8H10NO2. The van der Waals surface area contributed by atoms with Crippen molar-refractivity contribution in [3.63, 3.8) is 0 Å². The van der Waals surface area contributed by atoms with Gasteiger partial charge in [-0.1, -0.05) is 0 Å². The van der Waals surface area contributed by atoms with Crippen molar-refractivity contribution in [2.24, 2.45) is 0 Å². The highest BCUT2D eigenvalue weighted by Crippen LogP contribution is 2.21. The third-order valence-electron chi connectivity index (χ3n) is 1.60. The highest BCUT2D eigenvalue weighted by Gasteiger charge is 2.05. The lowest BCUT2D eigenvalue weighted by Crippen LogP contribution is -1.93. The fourth-order valence-corrected chi connectivity index (χ4v) is 0.821. The van der Waals surface area contributed by atoms with E-state index in [4.69, 9.17) is 5.11 Å². The van der Waals surface area contributed by atoms with Crippen molar-refractivity contribution in [1.82, 2.24) is 4.98 Å². The minimum absolute atomic E-state index is 0.0663. The van der Waals surface area contributed by atoms with E-state index in [0.29, 0.717) is 16.8 Å². The van der Waals surface area contributed by atoms with Crippen LogP contribution < -0.4 is 0 Å². The summed E-state index contributed by atoms with van der Waals surface area (Å²) in [5.41, 5.74) is 1.56. The average molecular weight is 152 g/mol. The smallest absolute Gasteiger partial charge is 0.140 e. The predicted octanol–water partition coefficient (Wildman–Crippen LogP) is 0.770. The number of hydrogen-bond acceptors (Lipinski definition) is 3. The summed E-state index contributed by atoms with van der Waals surface area (Å²) in [5, 5.41) is 18.0. The summed E-state index contributed by atoms with van der Waals surface area (Å²) < 4.78 is 0. The number of aryl methyl sites for hydroxylation is 1. The summed E-state index contributed by atoms with van der Waals surface area (Å²) in [6.45, 7) is 5.15. The van der Waals surface area contributed by atoms with Crippen LogP contribution in [0, 0.1) is 13.8 Å². The predicted molar refractivity (Wildman–Crippen MR) is 41.0 cm³/mol. The molecule has 0 aliphatic heterocycles. The Hall–Kier alpha value is -1.09. The Kier molecular flexibility index (Phi) is 2.10. The Labute approximate surface area is 65.3 Å². The summed E-state index contributed by atoms with van der Waals surface area (Å²) in [5.74, 6) is 0.0663. The summed E-state index contributed by atoms with van der Waals surface area (Å²) in [4.78, 5) is 3.86. The molecule has 2 N–H and O–H groups in total. The molecule has 1 aromatic rings. The zero-order valence-corrected chi connectivity index (χ0v) is 6.33. The summed E-state index contributed by atoms with van der Waals surface area (Å²) >= 11 is 0. The zero-order valence-electron chi connectivity index (χ0n) is 6.33. The minimum Gasteiger partial charge on any atom is -0.506 e. The monoisotopic (exact) mass is 152 g/mol. The van der Waals surface area contributed by atoms with Crippen LogP contribution in [-0.2, 0) is 6.61 Å². The average Bonchev–Trinajstić information content (AvgIpc) is 2.01. The first-order valence-electron chi connectivity index (χ1n) is 3.27. The minimum atomic E-state index is -0.139. The summed E-state index contributed by atoms with van der Waals surface area (Å²) in [6.07, 6.45) is 1.51. The number of aliphatic hydroxyl groups excluding tert-OH is 1. The zero-order chi connectivity index (χ0) is 8.43. The molecule has 0 atom stereocenters. The van der Waals surface area contributed by atoms with Crippen LogP contribution in [0.4, 0.5) is 0 Å². The molecule has 0 aromatic carbocycles. The number of aromatic nitrogens is 1. The van der Waals surface area contributed by atoms with Crippen LogP contribution in [0.2, 0.25) is 0 Å². The van der Waals surface area contributed by atoms with Gasteiger partial charge in [-0.25, -0.2) is 0 Å². The second kappa shape index (κ2) is 2.88. The molecule has 3 nitrogen and oxygen atoms in total. The van der Waals surface area contributed by atoms with Crippen molar-refractivity contribution in [3.05, 3.63) is 29.9 Å². The maximum absolute atomic E-state index is 9.28. The lowest BCUT2D eigenvalue weighted by atomic mass is 10.1. The van der Waals surface area contributed by atoms with Gasteiger partial charge in [0.15, 0.2) is 0 Å². The molecule has 11 heavy (non-hydrogen) atoms. The molecule has 0 saturated heterocycles. The van der Waals surface area contributed by atoms with E-state index in [1.54, 1.807) is 6.92 Å². The Balaban J connectivity index is 3.25. The molecule has 0 spiro atoms. The molecule has 0 bridgehead atoms. The van der Waals surface area contributed by atoms with E-state index in [1.165, 1.54) is 6.20 Å². The van der Waals surface area contributed by atoms with Gasteiger partial charge in [0.05, 0.1) is 12.3 Å². The number of hydrogen-bond donors (Lipinski definition) is 2. The van der Waals surface area contributed by atoms with Gasteiger partial charge in [0.2, 0.25) is 0 Å². The molecule has 1 radical (unpaired) electrons. The molecule has 0 amide bonds. The second-order valence-electron chi connectivity index (χ2n) is 2.35. The molecule has 1 aromatic heterocycles. The van der Waals surface area contributed by atoms with Gasteiger partial charge in [-0.15, -0.1) is 0 Å². The first-order chi connectivity index (χ1) is 5.16. The molecule has 3 heteroatoms. The third kappa shape index (κ3) is 1.33. The molecule has 0 fully saturated rings. The van der Waals surface area contributed by atoms with Crippen LogP contribution >= 0.6 is 0 Å². The molecule has 1 rings (SSSR count). The van der Waals surface area contributed by atoms with Crippen molar-refractivity contribution < 1.29 is 10.2 Å². The van der Waals surface area contributed by atoms with Gasteiger partial charge in [-0.05, 0) is 13.8 Å². The van der Waals surface area contributed by atoms with E-state index < -0.39 is 0 Å². The molecule has 1 heterocycles. The Morgan fingerprint density at radius 2 is 2.27 bits per heavy atom. The second-order valence-corrected chi connectivity index (χ2v) is 2.35. The largest absolute Gasteiger partial charge is 0.506 e. The first kappa shape index (κ1) is 8.01. The van der Waals surface area contributed by atoms with Crippen molar-refractivity contribution in [3.8, 4) is 5.75 Å². The standard InChI is InChI=1S/C8H10NO2/c1-5-7(4-10)3-9-6(2)8(5)11/h3,10-11H,1,4H2,2H3. The van der Waals surface area contributed by atoms with Gasteiger partial charge in [-0.3, -0.25) is 4.98 Å². The van der Waals surface area contributed by atoms with Crippen LogP contribution in [-0.4, -0.2) is 15.2 Å². The van der Waals surface area contributed by atoms with Crippen LogP contribution in [0.1, 0.15) is 16.8 Å². The number of aromatic hydroxyl groups is 1. The highest BCUT2D eigenvalue weighted by molar-refractivity contribution is 5.42. The molecule has 0 saturated carbocycles. The van der Waals surface area contributed by atoms with Gasteiger partial charge >= 0.3 is 0 Å². The maximum atomic E-state index is 9.28. The van der Waals surface area contributed by atoms with E-state index in [1.807, 2.05) is 0 Å². The van der Waals surface area contributed by atoms with E-state index in [-0.39, 0.29) is 12.4 Å². The van der Waals surface area contributed by atoms with Gasteiger partial charge in [0, 0.05) is 17.3 Å². The van der Waals surface area contributed by atoms with Crippen molar-refractivity contribution >= 4 is 0 Å². The van der Waals surface area contributed by atoms with E-state index in [0.717, 1.165) is 0 Å². The van der Waals surface area contributed by atoms with E-state index >= 15 is 0 Å². The Bertz CT molecular complexity index is 271. The number of aliphatic hydroxyl groups is 1. The fourth-order valence-electron chi connectivity index (χ4n) is 0.821. The van der Waals surface area contributed by atoms with E-state index in [9.17, 15) is 5.11 Å². The van der Waals surface area contributed by atoms with Crippen LogP contribution in [0.5, 0.6) is 5.75 Å². The fraction of sp³-hybridized carbons (Fsp3) is 0.250. The van der Waals surface area contributed by atoms with Crippen molar-refractivity contribution in [2.75, 3.05) is 0 Å². The molecule has 0 unspecified atom stereocenters. The first-order valence-corrected chi connectivity index (χ1v) is 3.27. The topological polar surface area (TPSA) is 53.4 Å². The SMILES string of the molecule is [CH2]c1c(CO)cnc(C)c1O. The van der Waals surface area contributed by atoms with Gasteiger partial charge in [0.25, 0.3) is 0 Å². The van der Waals surface area contributed by atoms with Crippen LogP contribution in [0.25, 0.3) is 0 Å². The quantitative estimate of drug-likeness (QED) is 0.625. The highest BCUT2D eigenvalue weighted by atomic mass is 16.3. The van der Waals surface area contributed by atoms with Gasteiger partial charge in [0.1, 0.15) is 5.75 Å². The number of nitrogens with zero attached hydrogens (tertiary/aromatic N) is 1. The van der Waals surface area contributed by atoms with Crippen LogP contribution in [0.3, 0.4) is 0 Å². The molecule has 0 aliphatic carbocycles. The Morgan fingerprint density at radius 3 is 2.82 bits per heavy atom. The normalized spacial score (nSPS) is 10.1. The van der Waals surface area contributed by atoms with E-state index in [2.05, 4.69) is 11.9 Å².